The lowest BCUT2D eigenvalue weighted by Gasteiger charge is -2.11. The summed E-state index contributed by atoms with van der Waals surface area (Å²) >= 11 is 0. The number of nitrogens with zero attached hydrogens (tertiary/aromatic N) is 2. The van der Waals surface area contributed by atoms with Gasteiger partial charge in [0.15, 0.2) is 0 Å². The number of carbonyl (C=O) groups is 1. The highest BCUT2D eigenvalue weighted by Gasteiger charge is 2.12. The van der Waals surface area contributed by atoms with E-state index >= 15 is 0 Å². The van der Waals surface area contributed by atoms with Crippen molar-refractivity contribution in [3.8, 4) is 0 Å². The SMILES string of the molecule is Cc1ccn(CCCN(C)C)c1C(=O)O. The van der Waals surface area contributed by atoms with Crippen molar-refractivity contribution in [3.63, 3.8) is 0 Å². The van der Waals surface area contributed by atoms with Crippen molar-refractivity contribution < 1.29 is 9.90 Å². The molecule has 0 saturated heterocycles. The summed E-state index contributed by atoms with van der Waals surface area (Å²) in [6.07, 6.45) is 2.80. The van der Waals surface area contributed by atoms with Gasteiger partial charge in [0.25, 0.3) is 0 Å². The number of carboxylic acid groups (broad SMARTS) is 1. The summed E-state index contributed by atoms with van der Waals surface area (Å²) in [7, 11) is 4.03. The van der Waals surface area contributed by atoms with E-state index in [1.165, 1.54) is 0 Å². The summed E-state index contributed by atoms with van der Waals surface area (Å²) in [6.45, 7) is 3.55. The molecule has 0 bridgehead atoms. The van der Waals surface area contributed by atoms with E-state index in [0.717, 1.165) is 25.1 Å². The number of aryl methyl sites for hydroxylation is 2. The summed E-state index contributed by atoms with van der Waals surface area (Å²) in [5, 5.41) is 9.01. The van der Waals surface area contributed by atoms with Crippen LogP contribution in [-0.2, 0) is 6.54 Å². The standard InChI is InChI=1S/C11H18N2O2/c1-9-5-8-13(10(9)11(14)15)7-4-6-12(2)3/h5,8H,4,6-7H2,1-3H3,(H,14,15). The monoisotopic (exact) mass is 210 g/mol. The molecule has 0 atom stereocenters. The van der Waals surface area contributed by atoms with Gasteiger partial charge in [-0.25, -0.2) is 4.79 Å². The molecular weight excluding hydrogens is 192 g/mol. The van der Waals surface area contributed by atoms with Crippen LogP contribution in [0.5, 0.6) is 0 Å². The van der Waals surface area contributed by atoms with Crippen LogP contribution in [0.2, 0.25) is 0 Å². The van der Waals surface area contributed by atoms with Gasteiger partial charge < -0.3 is 14.6 Å². The molecule has 0 spiro atoms. The van der Waals surface area contributed by atoms with E-state index < -0.39 is 5.97 Å². The normalized spacial score (nSPS) is 10.9. The molecule has 0 saturated carbocycles. The first-order chi connectivity index (χ1) is 7.02. The molecule has 1 heterocycles. The second kappa shape index (κ2) is 4.98. The highest BCUT2D eigenvalue weighted by Crippen LogP contribution is 2.10. The smallest absolute Gasteiger partial charge is 0.352 e. The Labute approximate surface area is 90.1 Å². The molecule has 4 nitrogen and oxygen atoms in total. The molecule has 0 aliphatic heterocycles. The van der Waals surface area contributed by atoms with Crippen molar-refractivity contribution >= 4 is 5.97 Å². The molecule has 0 aliphatic carbocycles. The van der Waals surface area contributed by atoms with Crippen LogP contribution in [0.25, 0.3) is 0 Å². The molecule has 1 aromatic heterocycles. The van der Waals surface area contributed by atoms with Gasteiger partial charge in [-0.15, -0.1) is 0 Å². The van der Waals surface area contributed by atoms with Crippen molar-refractivity contribution in [3.05, 3.63) is 23.5 Å². The summed E-state index contributed by atoms with van der Waals surface area (Å²) in [4.78, 5) is 13.1. The van der Waals surface area contributed by atoms with Crippen LogP contribution >= 0.6 is 0 Å². The molecule has 15 heavy (non-hydrogen) atoms. The topological polar surface area (TPSA) is 45.5 Å². The van der Waals surface area contributed by atoms with Crippen LogP contribution in [-0.4, -0.2) is 41.2 Å². The Hall–Kier alpha value is -1.29. The molecule has 1 aromatic rings. The van der Waals surface area contributed by atoms with E-state index in [4.69, 9.17) is 5.11 Å². The number of aromatic carboxylic acids is 1. The van der Waals surface area contributed by atoms with Gasteiger partial charge in [-0.3, -0.25) is 0 Å². The molecule has 0 fully saturated rings. The summed E-state index contributed by atoms with van der Waals surface area (Å²) in [5.41, 5.74) is 1.24. The lowest BCUT2D eigenvalue weighted by molar-refractivity contribution is 0.0684. The van der Waals surface area contributed by atoms with Crippen LogP contribution in [0.3, 0.4) is 0 Å². The Balaban J connectivity index is 2.65. The Morgan fingerprint density at radius 3 is 2.73 bits per heavy atom. The predicted octanol–water partition coefficient (Wildman–Crippen LogP) is 1.45. The first-order valence-corrected chi connectivity index (χ1v) is 5.06. The van der Waals surface area contributed by atoms with Crippen molar-refractivity contribution in [2.45, 2.75) is 19.9 Å². The lowest BCUT2D eigenvalue weighted by Crippen LogP contribution is -2.16. The Morgan fingerprint density at radius 1 is 1.53 bits per heavy atom. The van der Waals surface area contributed by atoms with Gasteiger partial charge in [0.2, 0.25) is 0 Å². The van der Waals surface area contributed by atoms with Crippen LogP contribution < -0.4 is 0 Å². The predicted molar refractivity (Wildman–Crippen MR) is 59.3 cm³/mol. The number of hydrogen-bond donors (Lipinski definition) is 1. The maximum absolute atomic E-state index is 11.0. The molecule has 4 heteroatoms. The molecule has 84 valence electrons. The van der Waals surface area contributed by atoms with Crippen molar-refractivity contribution in [1.82, 2.24) is 9.47 Å². The van der Waals surface area contributed by atoms with E-state index in [0.29, 0.717) is 5.69 Å². The Kier molecular flexibility index (Phi) is 3.91. The second-order valence-electron chi connectivity index (χ2n) is 4.00. The van der Waals surface area contributed by atoms with Crippen molar-refractivity contribution in [1.29, 1.82) is 0 Å². The Morgan fingerprint density at radius 2 is 2.20 bits per heavy atom. The van der Waals surface area contributed by atoms with Gasteiger partial charge in [-0.05, 0) is 45.6 Å². The lowest BCUT2D eigenvalue weighted by atomic mass is 10.2. The van der Waals surface area contributed by atoms with Gasteiger partial charge in [-0.2, -0.15) is 0 Å². The molecule has 0 radical (unpaired) electrons. The fourth-order valence-electron chi connectivity index (χ4n) is 1.62. The van der Waals surface area contributed by atoms with Gasteiger partial charge >= 0.3 is 5.97 Å². The van der Waals surface area contributed by atoms with E-state index in [1.807, 2.05) is 33.3 Å². The fraction of sp³-hybridized carbons (Fsp3) is 0.545. The van der Waals surface area contributed by atoms with Crippen LogP contribution in [0.4, 0.5) is 0 Å². The molecule has 0 aliphatic rings. The third kappa shape index (κ3) is 3.09. The van der Waals surface area contributed by atoms with Gasteiger partial charge in [0.1, 0.15) is 5.69 Å². The molecule has 1 rings (SSSR count). The minimum absolute atomic E-state index is 0.411. The van der Waals surface area contributed by atoms with Gasteiger partial charge in [0.05, 0.1) is 0 Å². The zero-order valence-electron chi connectivity index (χ0n) is 9.53. The van der Waals surface area contributed by atoms with Gasteiger partial charge in [-0.1, -0.05) is 0 Å². The van der Waals surface area contributed by atoms with Crippen molar-refractivity contribution in [2.24, 2.45) is 0 Å². The second-order valence-corrected chi connectivity index (χ2v) is 4.00. The first-order valence-electron chi connectivity index (χ1n) is 5.06. The number of hydrogen-bond acceptors (Lipinski definition) is 2. The van der Waals surface area contributed by atoms with E-state index in [2.05, 4.69) is 4.90 Å². The average Bonchev–Trinajstić information content (AvgIpc) is 2.46. The van der Waals surface area contributed by atoms with Crippen LogP contribution in [0, 0.1) is 6.92 Å². The number of carboxylic acids is 1. The third-order valence-corrected chi connectivity index (χ3v) is 2.37. The minimum Gasteiger partial charge on any atom is -0.477 e. The highest BCUT2D eigenvalue weighted by atomic mass is 16.4. The first kappa shape index (κ1) is 11.8. The summed E-state index contributed by atoms with van der Waals surface area (Å²) in [5.74, 6) is -0.845. The maximum atomic E-state index is 11.0. The maximum Gasteiger partial charge on any atom is 0.352 e. The molecule has 1 N–H and O–H groups in total. The zero-order valence-corrected chi connectivity index (χ0v) is 9.53. The quantitative estimate of drug-likeness (QED) is 0.800. The molecule has 0 unspecified atom stereocenters. The summed E-state index contributed by atoms with van der Waals surface area (Å²) < 4.78 is 1.81. The van der Waals surface area contributed by atoms with Crippen LogP contribution in [0.1, 0.15) is 22.5 Å². The molecule has 0 amide bonds. The fourth-order valence-corrected chi connectivity index (χ4v) is 1.62. The largest absolute Gasteiger partial charge is 0.477 e. The number of aromatic nitrogens is 1. The minimum atomic E-state index is -0.845. The zero-order chi connectivity index (χ0) is 11.4. The van der Waals surface area contributed by atoms with E-state index in [9.17, 15) is 4.79 Å². The van der Waals surface area contributed by atoms with Crippen LogP contribution in [0.15, 0.2) is 12.3 Å². The molecular formula is C11H18N2O2. The van der Waals surface area contributed by atoms with E-state index in [1.54, 1.807) is 4.57 Å². The van der Waals surface area contributed by atoms with Gasteiger partial charge in [0, 0.05) is 12.7 Å². The highest BCUT2D eigenvalue weighted by molar-refractivity contribution is 5.87. The van der Waals surface area contributed by atoms with Crippen molar-refractivity contribution in [2.75, 3.05) is 20.6 Å². The summed E-state index contributed by atoms with van der Waals surface area (Å²) in [6, 6.07) is 1.85. The third-order valence-electron chi connectivity index (χ3n) is 2.37. The number of rotatable bonds is 5. The molecule has 0 aromatic carbocycles. The van der Waals surface area contributed by atoms with E-state index in [-0.39, 0.29) is 0 Å². The average molecular weight is 210 g/mol. The Bertz CT molecular complexity index is 342.